The molecule has 2 N–H and O–H groups in total. The zero-order valence-electron chi connectivity index (χ0n) is 6.68. The van der Waals surface area contributed by atoms with Gasteiger partial charge in [0.15, 0.2) is 0 Å². The van der Waals surface area contributed by atoms with Gasteiger partial charge in [0, 0.05) is 4.91 Å². The van der Waals surface area contributed by atoms with Crippen LogP contribution in [0.1, 0.15) is 20.3 Å². The van der Waals surface area contributed by atoms with E-state index in [0.29, 0.717) is 6.42 Å². The molecule has 0 aromatic rings. The third kappa shape index (κ3) is 4.67. The minimum atomic E-state index is -1.55. The van der Waals surface area contributed by atoms with Crippen LogP contribution < -0.4 is 0 Å². The van der Waals surface area contributed by atoms with E-state index >= 15 is 0 Å². The van der Waals surface area contributed by atoms with Gasteiger partial charge in [-0.1, -0.05) is 19.0 Å². The highest BCUT2D eigenvalue weighted by Gasteiger charge is 2.22. The highest BCUT2D eigenvalue weighted by molar-refractivity contribution is 6.43. The Morgan fingerprint density at radius 1 is 1.55 bits per heavy atom. The molecule has 0 saturated carbocycles. The van der Waals surface area contributed by atoms with Gasteiger partial charge in [0.1, 0.15) is 0 Å². The van der Waals surface area contributed by atoms with Crippen LogP contribution in [0, 0.1) is 5.92 Å². The highest BCUT2D eigenvalue weighted by Crippen LogP contribution is 2.08. The SMILES string of the molecule is CC(C)C[C@H](N=[N+]=[N-])B(O)O. The Morgan fingerprint density at radius 2 is 2.09 bits per heavy atom. The molecule has 0 spiro atoms. The van der Waals surface area contributed by atoms with Crippen molar-refractivity contribution in [2.24, 2.45) is 11.0 Å². The van der Waals surface area contributed by atoms with Gasteiger partial charge in [-0.3, -0.25) is 0 Å². The smallest absolute Gasteiger partial charge is 0.427 e. The second kappa shape index (κ2) is 5.01. The molecule has 62 valence electrons. The monoisotopic (exact) mass is 157 g/mol. The van der Waals surface area contributed by atoms with E-state index in [-0.39, 0.29) is 5.92 Å². The summed E-state index contributed by atoms with van der Waals surface area (Å²) in [6, 6.07) is 0. The number of azide groups is 1. The maximum absolute atomic E-state index is 8.68. The van der Waals surface area contributed by atoms with Crippen LogP contribution >= 0.6 is 0 Å². The molecule has 0 amide bonds. The molecule has 0 heterocycles. The van der Waals surface area contributed by atoms with Gasteiger partial charge < -0.3 is 10.0 Å². The summed E-state index contributed by atoms with van der Waals surface area (Å²) >= 11 is 0. The van der Waals surface area contributed by atoms with E-state index in [0.717, 1.165) is 0 Å². The molecule has 0 unspecified atom stereocenters. The molecule has 0 fully saturated rings. The van der Waals surface area contributed by atoms with E-state index in [9.17, 15) is 0 Å². The third-order valence-corrected chi connectivity index (χ3v) is 1.26. The zero-order valence-corrected chi connectivity index (χ0v) is 6.68. The van der Waals surface area contributed by atoms with E-state index in [4.69, 9.17) is 15.6 Å². The molecular formula is C5H12BN3O2. The van der Waals surface area contributed by atoms with Crippen molar-refractivity contribution >= 4 is 7.12 Å². The van der Waals surface area contributed by atoms with Gasteiger partial charge in [0.25, 0.3) is 0 Å². The molecule has 0 aromatic carbocycles. The molecule has 0 aliphatic rings. The average Bonchev–Trinajstić information content (AvgIpc) is 1.86. The lowest BCUT2D eigenvalue weighted by Gasteiger charge is -2.11. The Labute approximate surface area is 65.8 Å². The molecule has 0 aromatic heterocycles. The van der Waals surface area contributed by atoms with Crippen molar-refractivity contribution in [1.29, 1.82) is 0 Å². The van der Waals surface area contributed by atoms with Crippen LogP contribution in [0.25, 0.3) is 10.4 Å². The van der Waals surface area contributed by atoms with Crippen LogP contribution in [-0.4, -0.2) is 23.1 Å². The quantitative estimate of drug-likeness (QED) is 0.272. The zero-order chi connectivity index (χ0) is 8.85. The predicted octanol–water partition coefficient (Wildman–Crippen LogP) is 0.723. The second-order valence-electron chi connectivity index (χ2n) is 2.82. The Kier molecular flexibility index (Phi) is 4.69. The van der Waals surface area contributed by atoms with Gasteiger partial charge >= 0.3 is 7.12 Å². The van der Waals surface area contributed by atoms with Crippen molar-refractivity contribution in [3.8, 4) is 0 Å². The van der Waals surface area contributed by atoms with Crippen molar-refractivity contribution < 1.29 is 10.0 Å². The fourth-order valence-electron chi connectivity index (χ4n) is 0.778. The van der Waals surface area contributed by atoms with E-state index in [1.165, 1.54) is 0 Å². The number of hydrogen-bond acceptors (Lipinski definition) is 3. The molecule has 0 aliphatic heterocycles. The molecule has 6 heteroatoms. The summed E-state index contributed by atoms with van der Waals surface area (Å²) in [6.45, 7) is 3.84. The highest BCUT2D eigenvalue weighted by atomic mass is 16.4. The first-order chi connectivity index (χ1) is 5.07. The fourth-order valence-corrected chi connectivity index (χ4v) is 0.778. The topological polar surface area (TPSA) is 89.2 Å². The first kappa shape index (κ1) is 10.3. The van der Waals surface area contributed by atoms with E-state index < -0.39 is 13.1 Å². The lowest BCUT2D eigenvalue weighted by atomic mass is 9.76. The lowest BCUT2D eigenvalue weighted by molar-refractivity contribution is 0.371. The molecule has 0 rings (SSSR count). The molecular weight excluding hydrogens is 145 g/mol. The Bertz CT molecular complexity index is 156. The number of rotatable bonds is 4. The minimum Gasteiger partial charge on any atom is -0.427 e. The first-order valence-electron chi connectivity index (χ1n) is 3.48. The predicted molar refractivity (Wildman–Crippen MR) is 42.6 cm³/mol. The fraction of sp³-hybridized carbons (Fsp3) is 1.00. The average molecular weight is 157 g/mol. The molecule has 0 radical (unpaired) electrons. The Morgan fingerprint density at radius 3 is 2.36 bits per heavy atom. The molecule has 1 atom stereocenters. The van der Waals surface area contributed by atoms with Crippen molar-refractivity contribution in [1.82, 2.24) is 0 Å². The Hall–Kier alpha value is -0.705. The molecule has 0 saturated heterocycles. The minimum absolute atomic E-state index is 0.285. The van der Waals surface area contributed by atoms with E-state index in [1.54, 1.807) is 0 Å². The summed E-state index contributed by atoms with van der Waals surface area (Å²) in [5.74, 6) is -0.438. The maximum Gasteiger partial charge on any atom is 0.460 e. The van der Waals surface area contributed by atoms with Gasteiger partial charge in [-0.25, -0.2) is 0 Å². The van der Waals surface area contributed by atoms with Gasteiger partial charge in [0.05, 0.1) is 5.94 Å². The van der Waals surface area contributed by atoms with E-state index in [1.807, 2.05) is 13.8 Å². The van der Waals surface area contributed by atoms with Crippen molar-refractivity contribution in [3.63, 3.8) is 0 Å². The lowest BCUT2D eigenvalue weighted by Crippen LogP contribution is -2.30. The van der Waals surface area contributed by atoms with Gasteiger partial charge in [-0.05, 0) is 17.9 Å². The van der Waals surface area contributed by atoms with Gasteiger partial charge in [0.2, 0.25) is 0 Å². The van der Waals surface area contributed by atoms with E-state index in [2.05, 4.69) is 10.0 Å². The standard InChI is InChI=1S/C5H12BN3O2/c1-4(2)3-5(6(10)11)8-9-7/h4-5,10-11H,3H2,1-2H3/t5-/m0/s1. The maximum atomic E-state index is 8.68. The molecule has 0 bridgehead atoms. The molecule has 5 nitrogen and oxygen atoms in total. The van der Waals surface area contributed by atoms with Crippen LogP contribution in [0.3, 0.4) is 0 Å². The summed E-state index contributed by atoms with van der Waals surface area (Å²) in [5, 5.41) is 20.6. The van der Waals surface area contributed by atoms with Crippen LogP contribution in [0.4, 0.5) is 0 Å². The summed E-state index contributed by atoms with van der Waals surface area (Å²) in [5.41, 5.74) is 8.03. The number of hydrogen-bond donors (Lipinski definition) is 2. The second-order valence-corrected chi connectivity index (χ2v) is 2.82. The number of nitrogens with zero attached hydrogens (tertiary/aromatic N) is 3. The van der Waals surface area contributed by atoms with Crippen LogP contribution in [-0.2, 0) is 0 Å². The van der Waals surface area contributed by atoms with Crippen molar-refractivity contribution in [2.45, 2.75) is 26.2 Å². The Balaban J connectivity index is 4.00. The van der Waals surface area contributed by atoms with Crippen molar-refractivity contribution in [3.05, 3.63) is 10.4 Å². The van der Waals surface area contributed by atoms with Gasteiger partial charge in [-0.15, -0.1) is 0 Å². The normalized spacial score (nSPS) is 12.5. The largest absolute Gasteiger partial charge is 0.460 e. The summed E-state index contributed by atoms with van der Waals surface area (Å²) in [4.78, 5) is 2.52. The third-order valence-electron chi connectivity index (χ3n) is 1.26. The molecule has 0 aliphatic carbocycles. The van der Waals surface area contributed by atoms with Crippen LogP contribution in [0.15, 0.2) is 5.11 Å². The first-order valence-corrected chi connectivity index (χ1v) is 3.48. The summed E-state index contributed by atoms with van der Waals surface area (Å²) in [6.07, 6.45) is 0.488. The van der Waals surface area contributed by atoms with Crippen LogP contribution in [0.2, 0.25) is 0 Å². The summed E-state index contributed by atoms with van der Waals surface area (Å²) in [7, 11) is -1.55. The van der Waals surface area contributed by atoms with Crippen molar-refractivity contribution in [2.75, 3.05) is 0 Å². The van der Waals surface area contributed by atoms with Gasteiger partial charge in [-0.2, -0.15) is 0 Å². The summed E-state index contributed by atoms with van der Waals surface area (Å²) < 4.78 is 0. The molecule has 11 heavy (non-hydrogen) atoms. The van der Waals surface area contributed by atoms with Crippen LogP contribution in [0.5, 0.6) is 0 Å².